The van der Waals surface area contributed by atoms with E-state index in [-0.39, 0.29) is 12.0 Å². The Bertz CT molecular complexity index is 788. The first-order valence-corrected chi connectivity index (χ1v) is 7.92. The number of carboxylic acid groups (broad SMARTS) is 3. The van der Waals surface area contributed by atoms with Crippen molar-refractivity contribution in [1.82, 2.24) is 10.0 Å². The lowest BCUT2D eigenvalue weighted by molar-refractivity contribution is 0.0103. The number of rotatable bonds is 4. The molecule has 0 fully saturated rings. The Hall–Kier alpha value is -3.19. The highest BCUT2D eigenvalue weighted by Gasteiger charge is 2.37. The molecule has 0 aliphatic heterocycles. The molecule has 25 heavy (non-hydrogen) atoms. The van der Waals surface area contributed by atoms with Gasteiger partial charge in [0.05, 0.1) is 5.75 Å². The summed E-state index contributed by atoms with van der Waals surface area (Å²) >= 11 is 0. The first-order chi connectivity index (χ1) is 11.4. The SMILES string of the molecule is O=C(O)N(C(=O)O)N(C(=O)O)C(=O)c1ccc(CCS(=O)(=O)O)cc1. The Morgan fingerprint density at radius 2 is 1.28 bits per heavy atom. The molecule has 0 saturated heterocycles. The van der Waals surface area contributed by atoms with Gasteiger partial charge in [0.2, 0.25) is 0 Å². The molecule has 0 aliphatic rings. The van der Waals surface area contributed by atoms with Crippen LogP contribution in [0.25, 0.3) is 0 Å². The van der Waals surface area contributed by atoms with E-state index in [1.54, 1.807) is 0 Å². The molecule has 1 rings (SSSR count). The monoisotopic (exact) mass is 376 g/mol. The molecule has 0 saturated carbocycles. The zero-order valence-electron chi connectivity index (χ0n) is 12.3. The van der Waals surface area contributed by atoms with Gasteiger partial charge in [0.15, 0.2) is 0 Å². The van der Waals surface area contributed by atoms with Crippen molar-refractivity contribution in [3.63, 3.8) is 0 Å². The molecule has 0 aliphatic carbocycles. The third kappa shape index (κ3) is 5.43. The summed E-state index contributed by atoms with van der Waals surface area (Å²) in [6.45, 7) is 0. The topological polar surface area (TPSA) is 190 Å². The molecule has 4 N–H and O–H groups in total. The Kier molecular flexibility index (Phi) is 6.03. The van der Waals surface area contributed by atoms with E-state index < -0.39 is 50.1 Å². The van der Waals surface area contributed by atoms with Crippen LogP contribution in [0.3, 0.4) is 0 Å². The molecule has 0 radical (unpaired) electrons. The minimum Gasteiger partial charge on any atom is -0.463 e. The number of aryl methyl sites for hydroxylation is 1. The molecule has 0 atom stereocenters. The molecule has 0 aromatic heterocycles. The van der Waals surface area contributed by atoms with Crippen LogP contribution in [0, 0.1) is 0 Å². The third-order valence-electron chi connectivity index (χ3n) is 2.79. The van der Waals surface area contributed by atoms with Gasteiger partial charge in [-0.3, -0.25) is 9.35 Å². The molecule has 0 bridgehead atoms. The van der Waals surface area contributed by atoms with Gasteiger partial charge in [-0.2, -0.15) is 8.42 Å². The number of amides is 4. The van der Waals surface area contributed by atoms with Gasteiger partial charge in [-0.25, -0.2) is 14.4 Å². The lowest BCUT2D eigenvalue weighted by Crippen LogP contribution is -2.54. The van der Waals surface area contributed by atoms with Gasteiger partial charge in [-0.15, -0.1) is 10.0 Å². The van der Waals surface area contributed by atoms with Crippen LogP contribution in [-0.2, 0) is 16.5 Å². The lowest BCUT2D eigenvalue weighted by atomic mass is 10.1. The number of hydrogen-bond donors (Lipinski definition) is 4. The number of hydrogen-bond acceptors (Lipinski definition) is 6. The lowest BCUT2D eigenvalue weighted by Gasteiger charge is -2.24. The fraction of sp³-hybridized carbons (Fsp3) is 0.167. The number of carbonyl (C=O) groups excluding carboxylic acids is 1. The van der Waals surface area contributed by atoms with Crippen LogP contribution in [0.2, 0.25) is 0 Å². The van der Waals surface area contributed by atoms with Crippen molar-refractivity contribution in [3.8, 4) is 0 Å². The second-order valence-electron chi connectivity index (χ2n) is 4.51. The molecule has 0 heterocycles. The second-order valence-corrected chi connectivity index (χ2v) is 6.08. The van der Waals surface area contributed by atoms with Gasteiger partial charge in [-0.1, -0.05) is 12.1 Å². The van der Waals surface area contributed by atoms with E-state index in [0.29, 0.717) is 5.56 Å². The third-order valence-corrected chi connectivity index (χ3v) is 3.51. The molecular weight excluding hydrogens is 364 g/mol. The van der Waals surface area contributed by atoms with Gasteiger partial charge < -0.3 is 15.3 Å². The molecule has 0 unspecified atom stereocenters. The van der Waals surface area contributed by atoms with Gasteiger partial charge in [0.25, 0.3) is 16.0 Å². The van der Waals surface area contributed by atoms with Gasteiger partial charge in [0, 0.05) is 5.56 Å². The van der Waals surface area contributed by atoms with Crippen molar-refractivity contribution < 1.29 is 47.5 Å². The molecule has 0 spiro atoms. The number of hydrazine groups is 1. The quantitative estimate of drug-likeness (QED) is 0.432. The minimum absolute atomic E-state index is 0.0909. The largest absolute Gasteiger partial charge is 0.463 e. The van der Waals surface area contributed by atoms with Gasteiger partial charge in [0.1, 0.15) is 0 Å². The number of imide groups is 2. The van der Waals surface area contributed by atoms with Crippen molar-refractivity contribution >= 4 is 34.3 Å². The normalized spacial score (nSPS) is 10.8. The Balaban J connectivity index is 3.08. The van der Waals surface area contributed by atoms with Crippen LogP contribution in [0.1, 0.15) is 15.9 Å². The van der Waals surface area contributed by atoms with Gasteiger partial charge >= 0.3 is 18.3 Å². The van der Waals surface area contributed by atoms with Crippen LogP contribution in [0.15, 0.2) is 24.3 Å². The Labute approximate surface area is 140 Å². The predicted octanol–water partition coefficient (Wildman–Crippen LogP) is 0.810. The first kappa shape index (κ1) is 19.9. The summed E-state index contributed by atoms with van der Waals surface area (Å²) in [7, 11) is -4.19. The summed E-state index contributed by atoms with van der Waals surface area (Å²) in [6, 6.07) is 4.59. The van der Waals surface area contributed by atoms with E-state index in [4.69, 9.17) is 19.9 Å². The van der Waals surface area contributed by atoms with Crippen molar-refractivity contribution in [2.45, 2.75) is 6.42 Å². The van der Waals surface area contributed by atoms with Crippen LogP contribution < -0.4 is 0 Å². The first-order valence-electron chi connectivity index (χ1n) is 6.31. The highest BCUT2D eigenvalue weighted by atomic mass is 32.2. The average Bonchev–Trinajstić information content (AvgIpc) is 2.48. The zero-order chi connectivity index (χ0) is 19.4. The standard InChI is InChI=1S/C12H12N2O10S/c15-9(13(10(16)17)14(11(18)19)12(20)21)8-3-1-7(2-4-8)5-6-25(22,23)24/h1-4H,5-6H2,(H,16,17)(H,18,19)(H,20,21)(H,22,23,24). The van der Waals surface area contributed by atoms with Crippen LogP contribution >= 0.6 is 0 Å². The van der Waals surface area contributed by atoms with E-state index in [1.807, 2.05) is 0 Å². The van der Waals surface area contributed by atoms with Crippen molar-refractivity contribution in [2.75, 3.05) is 5.75 Å². The van der Waals surface area contributed by atoms with Crippen LogP contribution in [-0.4, -0.2) is 68.2 Å². The summed E-state index contributed by atoms with van der Waals surface area (Å²) < 4.78 is 30.0. The van der Waals surface area contributed by atoms with Crippen LogP contribution in [0.4, 0.5) is 14.4 Å². The maximum atomic E-state index is 12.1. The Morgan fingerprint density at radius 3 is 1.64 bits per heavy atom. The summed E-state index contributed by atoms with van der Waals surface area (Å²) in [5.41, 5.74) is 0.0230. The maximum Gasteiger partial charge on any atom is 0.437 e. The predicted molar refractivity (Wildman–Crippen MR) is 78.6 cm³/mol. The van der Waals surface area contributed by atoms with E-state index in [2.05, 4.69) is 0 Å². The summed E-state index contributed by atoms with van der Waals surface area (Å²) in [6.07, 6.45) is -6.63. The maximum absolute atomic E-state index is 12.1. The second kappa shape index (κ2) is 7.59. The van der Waals surface area contributed by atoms with Gasteiger partial charge in [-0.05, 0) is 24.1 Å². The highest BCUT2D eigenvalue weighted by Crippen LogP contribution is 2.12. The fourth-order valence-corrected chi connectivity index (χ4v) is 2.19. The molecule has 136 valence electrons. The average molecular weight is 376 g/mol. The number of nitrogens with zero attached hydrogens (tertiary/aromatic N) is 2. The smallest absolute Gasteiger partial charge is 0.437 e. The Morgan fingerprint density at radius 1 is 0.840 bits per heavy atom. The van der Waals surface area contributed by atoms with Crippen molar-refractivity contribution in [2.24, 2.45) is 0 Å². The van der Waals surface area contributed by atoms with E-state index in [1.165, 1.54) is 12.1 Å². The van der Waals surface area contributed by atoms with Crippen molar-refractivity contribution in [3.05, 3.63) is 35.4 Å². The minimum atomic E-state index is -4.19. The fourth-order valence-electron chi connectivity index (χ4n) is 1.70. The molecule has 13 heteroatoms. The molecule has 1 aromatic carbocycles. The molecule has 4 amide bonds. The van der Waals surface area contributed by atoms with Crippen molar-refractivity contribution in [1.29, 1.82) is 0 Å². The van der Waals surface area contributed by atoms with E-state index in [9.17, 15) is 27.6 Å². The summed E-state index contributed by atoms with van der Waals surface area (Å²) in [5, 5.41) is 25.3. The molecule has 12 nitrogen and oxygen atoms in total. The summed E-state index contributed by atoms with van der Waals surface area (Å²) in [5.74, 6) is -2.02. The molecular formula is C12H12N2O10S. The van der Waals surface area contributed by atoms with Crippen LogP contribution in [0.5, 0.6) is 0 Å². The highest BCUT2D eigenvalue weighted by molar-refractivity contribution is 7.85. The number of carbonyl (C=O) groups is 4. The number of benzene rings is 1. The van der Waals surface area contributed by atoms with E-state index in [0.717, 1.165) is 12.1 Å². The zero-order valence-corrected chi connectivity index (χ0v) is 13.1. The molecule has 1 aromatic rings. The summed E-state index contributed by atoms with van der Waals surface area (Å²) in [4.78, 5) is 44.9. The van der Waals surface area contributed by atoms with E-state index >= 15 is 0 Å².